The largest absolute Gasteiger partial charge is 0.478 e. The van der Waals surface area contributed by atoms with Crippen LogP contribution in [0.25, 0.3) is 16.8 Å². The lowest BCUT2D eigenvalue weighted by molar-refractivity contribution is 0.291. The molecule has 0 unspecified atom stereocenters. The first-order valence-corrected chi connectivity index (χ1v) is 10.9. The third-order valence-electron chi connectivity index (χ3n) is 5.76. The van der Waals surface area contributed by atoms with Gasteiger partial charge in [0.05, 0.1) is 30.6 Å². The quantitative estimate of drug-likeness (QED) is 0.426. The Kier molecular flexibility index (Phi) is 4.72. The normalized spacial score (nSPS) is 15.4. The molecular weight excluding hydrogens is 442 g/mol. The molecule has 1 atom stereocenters. The van der Waals surface area contributed by atoms with E-state index in [1.54, 1.807) is 23.3 Å². The summed E-state index contributed by atoms with van der Waals surface area (Å²) in [6.45, 7) is 1.23. The number of aromatic nitrogens is 8. The van der Waals surface area contributed by atoms with Crippen molar-refractivity contribution in [3.8, 4) is 17.0 Å². The van der Waals surface area contributed by atoms with Gasteiger partial charge in [0.25, 0.3) is 0 Å². The maximum Gasteiger partial charge on any atom is 0.201 e. The highest BCUT2D eigenvalue weighted by Gasteiger charge is 2.25. The van der Waals surface area contributed by atoms with Crippen LogP contribution in [0, 0.1) is 0 Å². The topological polar surface area (TPSA) is 100.0 Å². The summed E-state index contributed by atoms with van der Waals surface area (Å²) in [4.78, 5) is 4.43. The minimum atomic E-state index is 0.110. The minimum absolute atomic E-state index is 0.110. The lowest BCUT2D eigenvalue weighted by Crippen LogP contribution is -2.13. The summed E-state index contributed by atoms with van der Waals surface area (Å²) >= 11 is 6.03. The Morgan fingerprint density at radius 1 is 1.12 bits per heavy atom. The number of halogens is 1. The monoisotopic (exact) mass is 461 g/mol. The Labute approximate surface area is 193 Å². The predicted molar refractivity (Wildman–Crippen MR) is 123 cm³/mol. The number of nitrogens with zero attached hydrogens (tertiary/aromatic N) is 8. The molecule has 0 bridgehead atoms. The first kappa shape index (κ1) is 19.7. The Morgan fingerprint density at radius 2 is 2.06 bits per heavy atom. The fourth-order valence-corrected chi connectivity index (χ4v) is 4.28. The summed E-state index contributed by atoms with van der Waals surface area (Å²) < 4.78 is 11.7. The summed E-state index contributed by atoms with van der Waals surface area (Å²) in [5.74, 6) is 3.28. The number of hydrogen-bond donors (Lipinski definition) is 1. The average Bonchev–Trinajstić information content (AvgIpc) is 3.50. The molecular formula is C22H20ClN9O. The molecule has 33 heavy (non-hydrogen) atoms. The molecule has 0 saturated carbocycles. The van der Waals surface area contributed by atoms with E-state index in [2.05, 4.69) is 30.7 Å². The zero-order chi connectivity index (χ0) is 22.4. The third kappa shape index (κ3) is 3.68. The third-order valence-corrected chi connectivity index (χ3v) is 5.95. The highest BCUT2D eigenvalue weighted by molar-refractivity contribution is 6.30. The number of nitrogens with one attached hydrogen (secondary N) is 1. The van der Waals surface area contributed by atoms with Crippen molar-refractivity contribution in [3.05, 3.63) is 66.0 Å². The lowest BCUT2D eigenvalue weighted by Gasteiger charge is -2.12. The van der Waals surface area contributed by atoms with Crippen molar-refractivity contribution in [1.82, 2.24) is 39.1 Å². The summed E-state index contributed by atoms with van der Waals surface area (Å²) in [6.07, 6.45) is 7.77. The van der Waals surface area contributed by atoms with Crippen LogP contribution in [0.1, 0.15) is 18.2 Å². The van der Waals surface area contributed by atoms with Gasteiger partial charge >= 0.3 is 0 Å². The number of ether oxygens (including phenoxy) is 1. The predicted octanol–water partition coefficient (Wildman–Crippen LogP) is 3.68. The molecule has 0 fully saturated rings. The van der Waals surface area contributed by atoms with Gasteiger partial charge in [0, 0.05) is 37.5 Å². The number of rotatable bonds is 5. The zero-order valence-electron chi connectivity index (χ0n) is 17.8. The zero-order valence-corrected chi connectivity index (χ0v) is 18.5. The molecule has 11 heteroatoms. The van der Waals surface area contributed by atoms with Gasteiger partial charge in [-0.05, 0) is 35.7 Å². The van der Waals surface area contributed by atoms with Crippen LogP contribution < -0.4 is 10.1 Å². The molecule has 0 amide bonds. The highest BCUT2D eigenvalue weighted by atomic mass is 35.5. The van der Waals surface area contributed by atoms with E-state index in [-0.39, 0.29) is 5.92 Å². The van der Waals surface area contributed by atoms with Crippen molar-refractivity contribution < 1.29 is 4.74 Å². The SMILES string of the molecule is Cn1nccc1Nc1cc(-c2cc3n4c(nnc4c2)[C@H](Cn2cc(Cl)cn2)CCO3)ccn1. The lowest BCUT2D eigenvalue weighted by atomic mass is 10.1. The molecule has 6 heterocycles. The molecule has 0 aliphatic carbocycles. The maximum atomic E-state index is 6.13. The molecule has 166 valence electrons. The van der Waals surface area contributed by atoms with E-state index in [9.17, 15) is 0 Å². The van der Waals surface area contributed by atoms with E-state index in [4.69, 9.17) is 16.3 Å². The van der Waals surface area contributed by atoms with E-state index in [1.807, 2.05) is 52.7 Å². The average molecular weight is 462 g/mol. The van der Waals surface area contributed by atoms with Gasteiger partial charge in [0.2, 0.25) is 5.88 Å². The molecule has 5 aromatic rings. The highest BCUT2D eigenvalue weighted by Crippen LogP contribution is 2.33. The summed E-state index contributed by atoms with van der Waals surface area (Å²) in [5.41, 5.74) is 2.71. The number of anilines is 2. The number of aryl methyl sites for hydroxylation is 1. The van der Waals surface area contributed by atoms with Crippen LogP contribution in [0.4, 0.5) is 11.6 Å². The molecule has 0 radical (unpaired) electrons. The summed E-state index contributed by atoms with van der Waals surface area (Å²) in [6, 6.07) is 9.89. The van der Waals surface area contributed by atoms with Gasteiger partial charge in [-0.15, -0.1) is 10.2 Å². The second kappa shape index (κ2) is 7.89. The summed E-state index contributed by atoms with van der Waals surface area (Å²) in [5, 5.41) is 21.3. The number of pyridine rings is 2. The van der Waals surface area contributed by atoms with Crippen LogP contribution in [-0.4, -0.2) is 45.7 Å². The van der Waals surface area contributed by atoms with Crippen molar-refractivity contribution in [2.24, 2.45) is 7.05 Å². The van der Waals surface area contributed by atoms with Crippen LogP contribution in [0.15, 0.2) is 55.1 Å². The maximum absolute atomic E-state index is 6.13. The van der Waals surface area contributed by atoms with E-state index < -0.39 is 0 Å². The van der Waals surface area contributed by atoms with Crippen LogP contribution >= 0.6 is 11.6 Å². The van der Waals surface area contributed by atoms with Crippen molar-refractivity contribution >= 4 is 28.9 Å². The van der Waals surface area contributed by atoms with Gasteiger partial charge in [0.15, 0.2) is 5.65 Å². The van der Waals surface area contributed by atoms with Crippen molar-refractivity contribution in [2.45, 2.75) is 18.9 Å². The molecule has 0 saturated heterocycles. The van der Waals surface area contributed by atoms with Crippen molar-refractivity contribution in [2.75, 3.05) is 11.9 Å². The van der Waals surface area contributed by atoms with E-state index >= 15 is 0 Å². The van der Waals surface area contributed by atoms with Gasteiger partial charge in [0.1, 0.15) is 17.5 Å². The molecule has 0 spiro atoms. The Bertz CT molecular complexity index is 1450. The van der Waals surface area contributed by atoms with E-state index in [0.29, 0.717) is 18.2 Å². The molecule has 1 aliphatic heterocycles. The minimum Gasteiger partial charge on any atom is -0.478 e. The van der Waals surface area contributed by atoms with Crippen molar-refractivity contribution in [3.63, 3.8) is 0 Å². The van der Waals surface area contributed by atoms with Crippen LogP contribution in [0.3, 0.4) is 0 Å². The summed E-state index contributed by atoms with van der Waals surface area (Å²) in [7, 11) is 1.88. The Morgan fingerprint density at radius 3 is 2.88 bits per heavy atom. The Balaban J connectivity index is 1.35. The van der Waals surface area contributed by atoms with E-state index in [1.165, 1.54) is 0 Å². The molecule has 6 rings (SSSR count). The van der Waals surface area contributed by atoms with Gasteiger partial charge < -0.3 is 10.1 Å². The second-order valence-corrected chi connectivity index (χ2v) is 8.38. The Hall–Kier alpha value is -3.92. The van der Waals surface area contributed by atoms with Gasteiger partial charge in [-0.2, -0.15) is 10.2 Å². The van der Waals surface area contributed by atoms with Crippen LogP contribution in [-0.2, 0) is 13.6 Å². The smallest absolute Gasteiger partial charge is 0.201 e. The molecule has 1 N–H and O–H groups in total. The van der Waals surface area contributed by atoms with Gasteiger partial charge in [-0.25, -0.2) is 9.38 Å². The fraction of sp³-hybridized carbons (Fsp3) is 0.227. The van der Waals surface area contributed by atoms with Crippen LogP contribution in [0.5, 0.6) is 5.88 Å². The molecule has 10 nitrogen and oxygen atoms in total. The fourth-order valence-electron chi connectivity index (χ4n) is 4.12. The van der Waals surface area contributed by atoms with Gasteiger partial charge in [-0.1, -0.05) is 11.6 Å². The first-order valence-electron chi connectivity index (χ1n) is 10.6. The molecule has 5 aromatic heterocycles. The molecule has 0 aromatic carbocycles. The standard InChI is InChI=1S/C22H20ClN9O/c1-30-19(3-6-25-30)27-18-8-14(2-5-24-18)16-9-20-28-29-22-15(12-31-13-17(23)11-26-31)4-7-33-21(10-16)32(20)22/h2-3,5-6,8-11,13,15H,4,7,12H2,1H3,(H,24,27)/t15-/m0/s1. The van der Waals surface area contributed by atoms with Gasteiger partial charge in [-0.3, -0.25) is 9.36 Å². The molecule has 1 aliphatic rings. The van der Waals surface area contributed by atoms with E-state index in [0.717, 1.165) is 46.5 Å². The van der Waals surface area contributed by atoms with Crippen molar-refractivity contribution in [1.29, 1.82) is 0 Å². The first-order chi connectivity index (χ1) is 16.1. The van der Waals surface area contributed by atoms with Crippen LogP contribution in [0.2, 0.25) is 5.02 Å². The number of hydrogen-bond acceptors (Lipinski definition) is 7. The second-order valence-electron chi connectivity index (χ2n) is 7.94.